The first kappa shape index (κ1) is 32.2. The number of benzene rings is 2. The number of sulfonamides is 1. The molecule has 3 aromatic rings. The summed E-state index contributed by atoms with van der Waals surface area (Å²) in [7, 11) is -4.32. The summed E-state index contributed by atoms with van der Waals surface area (Å²) in [4.78, 5) is 42.5. The van der Waals surface area contributed by atoms with Crippen molar-refractivity contribution in [3.8, 4) is 10.4 Å². The molecule has 0 aliphatic heterocycles. The van der Waals surface area contributed by atoms with Gasteiger partial charge < -0.3 is 27.3 Å². The van der Waals surface area contributed by atoms with Crippen LogP contribution in [0.3, 0.4) is 0 Å². The van der Waals surface area contributed by atoms with Crippen LogP contribution in [0.5, 0.6) is 0 Å². The summed E-state index contributed by atoms with van der Waals surface area (Å²) in [6.45, 7) is 5.48. The van der Waals surface area contributed by atoms with Crippen LogP contribution < -0.4 is 27.2 Å². The topological polar surface area (TPSA) is 209 Å². The van der Waals surface area contributed by atoms with Crippen LogP contribution in [-0.4, -0.2) is 50.9 Å². The first-order chi connectivity index (χ1) is 19.6. The molecule has 0 aliphatic carbocycles. The van der Waals surface area contributed by atoms with Crippen molar-refractivity contribution < 1.29 is 27.5 Å². The number of primary amides is 1. The molecule has 14 heteroatoms. The Morgan fingerprint density at radius 1 is 1.00 bits per heavy atom. The van der Waals surface area contributed by atoms with Gasteiger partial charge in [0.2, 0.25) is 15.9 Å². The standard InChI is InChI=1S/C28H34N6O6S2/c1-16-12-17(2)24(18(3)13-16)42(38,39)34-28(26(29)37,10-11-40-19(4)35)15-32-25(36)23-9-8-22(41-23)20-6-5-7-21(14-20)33-27(30)31/h5-9,12-14,34H,10-11,15H2,1-4H3,(H2,29,37)(H,32,36)(H4,30,31,33). The molecule has 42 heavy (non-hydrogen) atoms. The lowest BCUT2D eigenvalue weighted by Gasteiger charge is -2.32. The van der Waals surface area contributed by atoms with Gasteiger partial charge in [0.25, 0.3) is 5.91 Å². The Bertz CT molecular complexity index is 1620. The van der Waals surface area contributed by atoms with Crippen LogP contribution in [0, 0.1) is 20.8 Å². The summed E-state index contributed by atoms with van der Waals surface area (Å²) in [5, 5.41) is 2.62. The Hall–Kier alpha value is -4.27. The third-order valence-electron chi connectivity index (χ3n) is 6.28. The van der Waals surface area contributed by atoms with E-state index in [0.717, 1.165) is 16.0 Å². The monoisotopic (exact) mass is 614 g/mol. The predicted octanol–water partition coefficient (Wildman–Crippen LogP) is 2.13. The summed E-state index contributed by atoms with van der Waals surface area (Å²) < 4.78 is 34.6. The molecule has 0 aliphatic rings. The van der Waals surface area contributed by atoms with Gasteiger partial charge in [0.1, 0.15) is 5.54 Å². The molecule has 0 saturated heterocycles. The SMILES string of the molecule is CC(=O)OCCC(CNC(=O)c1ccc(-c2cccc(N=C(N)N)c2)s1)(NS(=O)(=O)c1c(C)cc(C)cc1C)C(N)=O. The average molecular weight is 615 g/mol. The second kappa shape index (κ2) is 13.1. The van der Waals surface area contributed by atoms with Crippen molar-refractivity contribution in [1.82, 2.24) is 10.0 Å². The third kappa shape index (κ3) is 7.93. The maximum absolute atomic E-state index is 13.6. The molecule has 1 atom stereocenters. The fourth-order valence-corrected chi connectivity index (χ4v) is 7.29. The van der Waals surface area contributed by atoms with E-state index in [2.05, 4.69) is 15.0 Å². The molecule has 12 nitrogen and oxygen atoms in total. The number of aryl methyl sites for hydroxylation is 3. The number of ether oxygens (including phenoxy) is 1. The molecule has 0 fully saturated rings. The Labute approximate surface area is 248 Å². The molecule has 1 aromatic heterocycles. The Morgan fingerprint density at radius 3 is 2.26 bits per heavy atom. The number of hydrogen-bond donors (Lipinski definition) is 5. The van der Waals surface area contributed by atoms with E-state index in [4.69, 9.17) is 21.9 Å². The van der Waals surface area contributed by atoms with Gasteiger partial charge in [-0.3, -0.25) is 14.4 Å². The van der Waals surface area contributed by atoms with Crippen LogP contribution >= 0.6 is 11.3 Å². The summed E-state index contributed by atoms with van der Waals surface area (Å²) >= 11 is 1.17. The van der Waals surface area contributed by atoms with E-state index in [1.165, 1.54) is 18.3 Å². The Balaban J connectivity index is 1.90. The number of nitrogens with two attached hydrogens (primary N) is 3. The van der Waals surface area contributed by atoms with Crippen molar-refractivity contribution in [2.24, 2.45) is 22.2 Å². The molecule has 1 heterocycles. The van der Waals surface area contributed by atoms with Crippen LogP contribution in [0.25, 0.3) is 10.4 Å². The fraction of sp³-hybridized carbons (Fsp3) is 0.286. The number of carbonyl (C=O) groups is 3. The minimum atomic E-state index is -4.32. The number of esters is 1. The molecule has 0 saturated carbocycles. The van der Waals surface area contributed by atoms with Gasteiger partial charge in [-0.2, -0.15) is 4.72 Å². The molecule has 0 spiro atoms. The van der Waals surface area contributed by atoms with Gasteiger partial charge in [0.15, 0.2) is 5.96 Å². The zero-order valence-corrected chi connectivity index (χ0v) is 25.3. The summed E-state index contributed by atoms with van der Waals surface area (Å²) in [5.74, 6) is -2.33. The van der Waals surface area contributed by atoms with Crippen molar-refractivity contribution in [3.63, 3.8) is 0 Å². The molecule has 8 N–H and O–H groups in total. The summed E-state index contributed by atoms with van der Waals surface area (Å²) in [6, 6.07) is 13.8. The number of nitrogens with one attached hydrogen (secondary N) is 2. The molecular weight excluding hydrogens is 580 g/mol. The lowest BCUT2D eigenvalue weighted by Crippen LogP contribution is -2.63. The number of hydrogen-bond acceptors (Lipinski definition) is 8. The summed E-state index contributed by atoms with van der Waals surface area (Å²) in [5.41, 5.74) is 17.8. The fourth-order valence-electron chi connectivity index (χ4n) is 4.52. The highest BCUT2D eigenvalue weighted by Crippen LogP contribution is 2.31. The van der Waals surface area contributed by atoms with E-state index in [-0.39, 0.29) is 23.9 Å². The second-order valence-electron chi connectivity index (χ2n) is 9.80. The van der Waals surface area contributed by atoms with Crippen molar-refractivity contribution in [2.45, 2.75) is 44.6 Å². The smallest absolute Gasteiger partial charge is 0.302 e. The normalized spacial score (nSPS) is 12.7. The van der Waals surface area contributed by atoms with Gasteiger partial charge in [-0.15, -0.1) is 11.3 Å². The van der Waals surface area contributed by atoms with Crippen LogP contribution in [0.2, 0.25) is 0 Å². The summed E-state index contributed by atoms with van der Waals surface area (Å²) in [6.07, 6.45) is -0.321. The van der Waals surface area contributed by atoms with Gasteiger partial charge in [-0.05, 0) is 61.7 Å². The maximum Gasteiger partial charge on any atom is 0.302 e. The van der Waals surface area contributed by atoms with E-state index < -0.39 is 39.9 Å². The second-order valence-corrected chi connectivity index (χ2v) is 12.5. The Kier molecular flexibility index (Phi) is 10.1. The first-order valence-corrected chi connectivity index (χ1v) is 15.1. The molecule has 0 bridgehead atoms. The highest BCUT2D eigenvalue weighted by atomic mass is 32.2. The van der Waals surface area contributed by atoms with Crippen LogP contribution in [0.15, 0.2) is 58.4 Å². The average Bonchev–Trinajstić information content (AvgIpc) is 3.36. The lowest BCUT2D eigenvalue weighted by atomic mass is 9.96. The van der Waals surface area contributed by atoms with Crippen LogP contribution in [0.1, 0.15) is 39.7 Å². The number of nitrogens with zero attached hydrogens (tertiary/aromatic N) is 1. The minimum Gasteiger partial charge on any atom is -0.466 e. The highest BCUT2D eigenvalue weighted by molar-refractivity contribution is 7.89. The minimum absolute atomic E-state index is 0.0107. The zero-order chi connectivity index (χ0) is 31.2. The third-order valence-corrected chi connectivity index (χ3v) is 9.25. The van der Waals surface area contributed by atoms with Crippen molar-refractivity contribution in [3.05, 3.63) is 70.1 Å². The number of rotatable bonds is 12. The van der Waals surface area contributed by atoms with Gasteiger partial charge in [0.05, 0.1) is 22.1 Å². The highest BCUT2D eigenvalue weighted by Gasteiger charge is 2.42. The molecule has 2 amide bonds. The molecule has 224 valence electrons. The van der Waals surface area contributed by atoms with Gasteiger partial charge in [0, 0.05) is 24.8 Å². The molecule has 2 aromatic carbocycles. The molecule has 0 radical (unpaired) electrons. The lowest BCUT2D eigenvalue weighted by molar-refractivity contribution is -0.142. The number of guanidine groups is 1. The van der Waals surface area contributed by atoms with E-state index in [9.17, 15) is 22.8 Å². The van der Waals surface area contributed by atoms with E-state index in [1.54, 1.807) is 56.3 Å². The maximum atomic E-state index is 13.6. The van der Waals surface area contributed by atoms with Gasteiger partial charge in [-0.25, -0.2) is 13.4 Å². The van der Waals surface area contributed by atoms with Crippen molar-refractivity contribution in [2.75, 3.05) is 13.2 Å². The van der Waals surface area contributed by atoms with Crippen molar-refractivity contribution >= 4 is 50.8 Å². The number of thiophene rings is 1. The quantitative estimate of drug-likeness (QED) is 0.116. The zero-order valence-electron chi connectivity index (χ0n) is 23.7. The predicted molar refractivity (Wildman–Crippen MR) is 162 cm³/mol. The van der Waals surface area contributed by atoms with Crippen LogP contribution in [0.4, 0.5) is 5.69 Å². The number of carbonyl (C=O) groups excluding carboxylic acids is 3. The Morgan fingerprint density at radius 2 is 1.67 bits per heavy atom. The first-order valence-electron chi connectivity index (χ1n) is 12.8. The van der Waals surface area contributed by atoms with Crippen LogP contribution in [-0.2, 0) is 24.3 Å². The van der Waals surface area contributed by atoms with E-state index in [0.29, 0.717) is 21.7 Å². The van der Waals surface area contributed by atoms with E-state index in [1.807, 2.05) is 13.0 Å². The molecular formula is C28H34N6O6S2. The number of aliphatic imine (C=N–C) groups is 1. The van der Waals surface area contributed by atoms with E-state index >= 15 is 0 Å². The van der Waals surface area contributed by atoms with Gasteiger partial charge in [-0.1, -0.05) is 29.8 Å². The molecule has 1 unspecified atom stereocenters. The van der Waals surface area contributed by atoms with Gasteiger partial charge >= 0.3 is 5.97 Å². The molecule has 3 rings (SSSR count). The largest absolute Gasteiger partial charge is 0.466 e. The van der Waals surface area contributed by atoms with Crippen molar-refractivity contribution in [1.29, 1.82) is 0 Å². The number of amides is 2.